The summed E-state index contributed by atoms with van der Waals surface area (Å²) in [6.45, 7) is 4.88. The van der Waals surface area contributed by atoms with Crippen LogP contribution in [0, 0.1) is 0 Å². The Kier molecular flexibility index (Phi) is 5.06. The molecule has 0 radical (unpaired) electrons. The molecule has 0 saturated carbocycles. The van der Waals surface area contributed by atoms with Crippen molar-refractivity contribution in [3.8, 4) is 0 Å². The van der Waals surface area contributed by atoms with E-state index in [9.17, 15) is 4.79 Å². The lowest BCUT2D eigenvalue weighted by atomic mass is 10.3. The van der Waals surface area contributed by atoms with Crippen molar-refractivity contribution >= 4 is 22.4 Å². The molecule has 1 aliphatic heterocycles. The first kappa shape index (κ1) is 13.4. The lowest BCUT2D eigenvalue weighted by Crippen LogP contribution is -2.49. The second-order valence-electron chi connectivity index (χ2n) is 4.23. The van der Waals surface area contributed by atoms with Gasteiger partial charge in [-0.25, -0.2) is 4.98 Å². The van der Waals surface area contributed by atoms with Crippen molar-refractivity contribution < 1.29 is 9.90 Å². The number of β-amino-alcohol motifs (C(OH)–C–C–N with tert-alkyl or cyclic N) is 1. The third-order valence-electron chi connectivity index (χ3n) is 2.93. The first-order valence-corrected chi connectivity index (χ1v) is 6.91. The zero-order chi connectivity index (χ0) is 12.8. The molecule has 1 aromatic rings. The van der Waals surface area contributed by atoms with Gasteiger partial charge in [-0.05, 0) is 0 Å². The topological polar surface area (TPSA) is 68.7 Å². The number of aliphatic hydroxyl groups excluding tert-OH is 1. The van der Waals surface area contributed by atoms with Crippen LogP contribution in [0.3, 0.4) is 0 Å². The molecule has 0 bridgehead atoms. The van der Waals surface area contributed by atoms with E-state index in [0.717, 1.165) is 32.7 Å². The summed E-state index contributed by atoms with van der Waals surface area (Å²) in [5, 5.41) is 14.1. The van der Waals surface area contributed by atoms with Gasteiger partial charge in [0.15, 0.2) is 5.13 Å². The van der Waals surface area contributed by atoms with Crippen LogP contribution < -0.4 is 5.32 Å². The van der Waals surface area contributed by atoms with Gasteiger partial charge in [0.05, 0.1) is 13.2 Å². The van der Waals surface area contributed by atoms with Crippen molar-refractivity contribution in [2.75, 3.05) is 51.2 Å². The monoisotopic (exact) mass is 270 g/mol. The average Bonchev–Trinajstić information content (AvgIpc) is 2.84. The zero-order valence-corrected chi connectivity index (χ0v) is 11.0. The van der Waals surface area contributed by atoms with E-state index in [1.807, 2.05) is 5.38 Å². The van der Waals surface area contributed by atoms with E-state index >= 15 is 0 Å². The number of hydrogen-bond acceptors (Lipinski definition) is 6. The van der Waals surface area contributed by atoms with Gasteiger partial charge in [-0.1, -0.05) is 0 Å². The van der Waals surface area contributed by atoms with Crippen LogP contribution in [-0.4, -0.2) is 71.7 Å². The highest BCUT2D eigenvalue weighted by atomic mass is 32.1. The van der Waals surface area contributed by atoms with E-state index in [1.165, 1.54) is 11.3 Å². The molecule has 0 aliphatic carbocycles. The van der Waals surface area contributed by atoms with Crippen molar-refractivity contribution in [2.24, 2.45) is 0 Å². The molecule has 2 N–H and O–H groups in total. The fraction of sp³-hybridized carbons (Fsp3) is 0.636. The van der Waals surface area contributed by atoms with Crippen molar-refractivity contribution in [1.29, 1.82) is 0 Å². The lowest BCUT2D eigenvalue weighted by Gasteiger charge is -2.33. The van der Waals surface area contributed by atoms with Gasteiger partial charge in [-0.15, -0.1) is 11.3 Å². The minimum atomic E-state index is -0.0134. The maximum Gasteiger partial charge on any atom is 0.240 e. The van der Waals surface area contributed by atoms with E-state index in [-0.39, 0.29) is 12.5 Å². The largest absolute Gasteiger partial charge is 0.395 e. The highest BCUT2D eigenvalue weighted by molar-refractivity contribution is 7.13. The van der Waals surface area contributed by atoms with Gasteiger partial charge in [-0.3, -0.25) is 14.6 Å². The number of nitrogens with zero attached hydrogens (tertiary/aromatic N) is 3. The highest BCUT2D eigenvalue weighted by Crippen LogP contribution is 2.10. The predicted molar refractivity (Wildman–Crippen MR) is 70.7 cm³/mol. The molecule has 0 atom stereocenters. The van der Waals surface area contributed by atoms with Gasteiger partial charge in [0.2, 0.25) is 5.91 Å². The number of thiazole rings is 1. The molecular formula is C11H18N4O2S. The molecule has 1 fully saturated rings. The van der Waals surface area contributed by atoms with Crippen LogP contribution in [-0.2, 0) is 4.79 Å². The lowest BCUT2D eigenvalue weighted by molar-refractivity contribution is -0.117. The third kappa shape index (κ3) is 4.02. The molecule has 0 unspecified atom stereocenters. The Hall–Kier alpha value is -1.02. The molecule has 1 saturated heterocycles. The van der Waals surface area contributed by atoms with Crippen molar-refractivity contribution in [3.63, 3.8) is 0 Å². The number of aromatic nitrogens is 1. The Morgan fingerprint density at radius 3 is 2.72 bits per heavy atom. The van der Waals surface area contributed by atoms with Crippen LogP contribution in [0.4, 0.5) is 5.13 Å². The van der Waals surface area contributed by atoms with Crippen molar-refractivity contribution in [3.05, 3.63) is 11.6 Å². The number of aliphatic hydroxyl groups is 1. The minimum Gasteiger partial charge on any atom is -0.395 e. The molecule has 18 heavy (non-hydrogen) atoms. The number of anilines is 1. The predicted octanol–water partition coefficient (Wildman–Crippen LogP) is -0.308. The normalized spacial score (nSPS) is 17.8. The van der Waals surface area contributed by atoms with Crippen molar-refractivity contribution in [2.45, 2.75) is 0 Å². The number of carbonyl (C=O) groups is 1. The standard InChI is InChI=1S/C11H18N4O2S/c16-7-6-14-2-4-15(5-3-14)9-10(17)13-11-12-1-8-18-11/h1,8,16H,2-7,9H2,(H,12,13,17). The van der Waals surface area contributed by atoms with Gasteiger partial charge in [0.25, 0.3) is 0 Å². The molecule has 1 aliphatic rings. The second-order valence-corrected chi connectivity index (χ2v) is 5.12. The van der Waals surface area contributed by atoms with Gasteiger partial charge >= 0.3 is 0 Å². The zero-order valence-electron chi connectivity index (χ0n) is 10.2. The van der Waals surface area contributed by atoms with Crippen LogP contribution in [0.1, 0.15) is 0 Å². The molecular weight excluding hydrogens is 252 g/mol. The van der Waals surface area contributed by atoms with Gasteiger partial charge in [0, 0.05) is 44.3 Å². The summed E-state index contributed by atoms with van der Waals surface area (Å²) >= 11 is 1.42. The van der Waals surface area contributed by atoms with E-state index in [1.54, 1.807) is 6.20 Å². The second kappa shape index (κ2) is 6.79. The minimum absolute atomic E-state index is 0.0134. The highest BCUT2D eigenvalue weighted by Gasteiger charge is 2.18. The quantitative estimate of drug-likeness (QED) is 0.768. The molecule has 1 aromatic heterocycles. The maximum atomic E-state index is 11.7. The summed E-state index contributed by atoms with van der Waals surface area (Å²) in [5.41, 5.74) is 0. The summed E-state index contributed by atoms with van der Waals surface area (Å²) in [6, 6.07) is 0. The van der Waals surface area contributed by atoms with Gasteiger partial charge in [-0.2, -0.15) is 0 Å². The fourth-order valence-electron chi connectivity index (χ4n) is 1.96. The summed E-state index contributed by atoms with van der Waals surface area (Å²) in [5.74, 6) is -0.0134. The molecule has 0 aromatic carbocycles. The van der Waals surface area contributed by atoms with Crippen LogP contribution >= 0.6 is 11.3 Å². The first-order chi connectivity index (χ1) is 8.78. The number of hydrogen-bond donors (Lipinski definition) is 2. The van der Waals surface area contributed by atoms with E-state index in [2.05, 4.69) is 20.1 Å². The Bertz CT molecular complexity index is 363. The molecule has 7 heteroatoms. The molecule has 6 nitrogen and oxygen atoms in total. The summed E-state index contributed by atoms with van der Waals surface area (Å²) in [7, 11) is 0. The summed E-state index contributed by atoms with van der Waals surface area (Å²) < 4.78 is 0. The Labute approximate surface area is 110 Å². The molecule has 2 rings (SSSR count). The number of amides is 1. The molecule has 0 spiro atoms. The van der Waals surface area contributed by atoms with Gasteiger partial charge < -0.3 is 10.4 Å². The van der Waals surface area contributed by atoms with Crippen LogP contribution in [0.25, 0.3) is 0 Å². The number of nitrogens with one attached hydrogen (secondary N) is 1. The van der Waals surface area contributed by atoms with E-state index in [0.29, 0.717) is 11.7 Å². The number of rotatable bonds is 5. The molecule has 2 heterocycles. The van der Waals surface area contributed by atoms with Crippen LogP contribution in [0.15, 0.2) is 11.6 Å². The molecule has 100 valence electrons. The van der Waals surface area contributed by atoms with Gasteiger partial charge in [0.1, 0.15) is 0 Å². The smallest absolute Gasteiger partial charge is 0.240 e. The van der Waals surface area contributed by atoms with Crippen LogP contribution in [0.2, 0.25) is 0 Å². The van der Waals surface area contributed by atoms with Crippen LogP contribution in [0.5, 0.6) is 0 Å². The third-order valence-corrected chi connectivity index (χ3v) is 3.62. The number of piperazine rings is 1. The summed E-state index contributed by atoms with van der Waals surface area (Å²) in [4.78, 5) is 20.1. The first-order valence-electron chi connectivity index (χ1n) is 6.03. The SMILES string of the molecule is O=C(CN1CCN(CCO)CC1)Nc1nccs1. The Morgan fingerprint density at radius 2 is 2.11 bits per heavy atom. The van der Waals surface area contributed by atoms with Crippen molar-refractivity contribution in [1.82, 2.24) is 14.8 Å². The van der Waals surface area contributed by atoms with E-state index in [4.69, 9.17) is 5.11 Å². The summed E-state index contributed by atoms with van der Waals surface area (Å²) in [6.07, 6.45) is 1.67. The van der Waals surface area contributed by atoms with E-state index < -0.39 is 0 Å². The fourth-order valence-corrected chi connectivity index (χ4v) is 2.50. The maximum absolute atomic E-state index is 11.7. The molecule has 1 amide bonds. The Morgan fingerprint density at radius 1 is 1.39 bits per heavy atom. The average molecular weight is 270 g/mol. The number of carbonyl (C=O) groups excluding carboxylic acids is 1. The Balaban J connectivity index is 1.69.